The van der Waals surface area contributed by atoms with E-state index in [0.29, 0.717) is 6.42 Å². The summed E-state index contributed by atoms with van der Waals surface area (Å²) in [6.07, 6.45) is 0.606. The molecule has 0 aliphatic rings. The van der Waals surface area contributed by atoms with E-state index in [1.807, 2.05) is 6.92 Å². The van der Waals surface area contributed by atoms with Crippen molar-refractivity contribution >= 4 is 17.7 Å². The van der Waals surface area contributed by atoms with Crippen molar-refractivity contribution in [2.24, 2.45) is 5.92 Å². The number of rotatable bonds is 6. The van der Waals surface area contributed by atoms with Gasteiger partial charge in [0.25, 0.3) is 0 Å². The first-order chi connectivity index (χ1) is 9.88. The highest BCUT2D eigenvalue weighted by Crippen LogP contribution is 2.20. The first-order valence-electron chi connectivity index (χ1n) is 6.52. The van der Waals surface area contributed by atoms with Crippen LogP contribution in [0.1, 0.15) is 20.3 Å². The van der Waals surface area contributed by atoms with E-state index < -0.39 is 23.9 Å². The molecule has 1 rings (SSSR count). The number of nitrogens with one attached hydrogen (secondary N) is 2. The number of ether oxygens (including phenoxy) is 1. The SMILES string of the molecule is CC[C@H](C)[C@H](NC(=O)Nc1ccc(OC)c(F)c1)C(=O)O. The molecule has 0 saturated heterocycles. The molecule has 0 aliphatic heterocycles. The van der Waals surface area contributed by atoms with Crippen molar-refractivity contribution in [3.05, 3.63) is 24.0 Å². The first-order valence-corrected chi connectivity index (χ1v) is 6.52. The third-order valence-corrected chi connectivity index (χ3v) is 3.18. The molecule has 2 atom stereocenters. The summed E-state index contributed by atoms with van der Waals surface area (Å²) in [4.78, 5) is 22.9. The molecule has 21 heavy (non-hydrogen) atoms. The molecular formula is C14H19FN2O4. The van der Waals surface area contributed by atoms with Crippen LogP contribution in [0.15, 0.2) is 18.2 Å². The number of aliphatic carboxylic acids is 1. The fourth-order valence-electron chi connectivity index (χ4n) is 1.74. The third-order valence-electron chi connectivity index (χ3n) is 3.18. The van der Waals surface area contributed by atoms with Gasteiger partial charge >= 0.3 is 12.0 Å². The number of carboxylic acids is 1. The quantitative estimate of drug-likeness (QED) is 0.752. The van der Waals surface area contributed by atoms with Crippen LogP contribution in [0.4, 0.5) is 14.9 Å². The van der Waals surface area contributed by atoms with Crippen LogP contribution in [0, 0.1) is 11.7 Å². The summed E-state index contributed by atoms with van der Waals surface area (Å²) in [6, 6.07) is 2.22. The zero-order valence-electron chi connectivity index (χ0n) is 12.1. The maximum absolute atomic E-state index is 13.5. The largest absolute Gasteiger partial charge is 0.494 e. The monoisotopic (exact) mass is 298 g/mol. The second-order valence-electron chi connectivity index (χ2n) is 4.65. The van der Waals surface area contributed by atoms with E-state index >= 15 is 0 Å². The van der Waals surface area contributed by atoms with Crippen LogP contribution in [-0.2, 0) is 4.79 Å². The minimum atomic E-state index is -1.11. The molecule has 1 aromatic carbocycles. The number of hydrogen-bond acceptors (Lipinski definition) is 3. The number of hydrogen-bond donors (Lipinski definition) is 3. The molecule has 0 spiro atoms. The van der Waals surface area contributed by atoms with Gasteiger partial charge in [-0.2, -0.15) is 0 Å². The topological polar surface area (TPSA) is 87.7 Å². The average Bonchev–Trinajstić information content (AvgIpc) is 2.44. The number of carboxylic acid groups (broad SMARTS) is 1. The van der Waals surface area contributed by atoms with Crippen LogP contribution in [0.3, 0.4) is 0 Å². The van der Waals surface area contributed by atoms with Crippen LogP contribution in [0.2, 0.25) is 0 Å². The number of halogens is 1. The summed E-state index contributed by atoms with van der Waals surface area (Å²) in [5.41, 5.74) is 0.207. The van der Waals surface area contributed by atoms with Crippen LogP contribution in [0.25, 0.3) is 0 Å². The minimum Gasteiger partial charge on any atom is -0.494 e. The molecule has 0 heterocycles. The van der Waals surface area contributed by atoms with Crippen molar-refractivity contribution in [2.75, 3.05) is 12.4 Å². The van der Waals surface area contributed by atoms with Gasteiger partial charge in [0, 0.05) is 11.8 Å². The number of carbonyl (C=O) groups is 2. The molecule has 0 aliphatic carbocycles. The summed E-state index contributed by atoms with van der Waals surface area (Å²) in [7, 11) is 1.34. The van der Waals surface area contributed by atoms with Gasteiger partial charge in [-0.15, -0.1) is 0 Å². The van der Waals surface area contributed by atoms with Crippen molar-refractivity contribution in [3.8, 4) is 5.75 Å². The van der Waals surface area contributed by atoms with Crippen LogP contribution < -0.4 is 15.4 Å². The molecule has 0 unspecified atom stereocenters. The van der Waals surface area contributed by atoms with Gasteiger partial charge in [-0.1, -0.05) is 20.3 Å². The number of anilines is 1. The minimum absolute atomic E-state index is 0.0592. The van der Waals surface area contributed by atoms with E-state index in [1.165, 1.54) is 19.2 Å². The van der Waals surface area contributed by atoms with Crippen molar-refractivity contribution in [3.63, 3.8) is 0 Å². The summed E-state index contributed by atoms with van der Waals surface area (Å²) < 4.78 is 18.2. The van der Waals surface area contributed by atoms with E-state index in [0.717, 1.165) is 6.07 Å². The Labute approximate surface area is 122 Å². The molecule has 2 amide bonds. The summed E-state index contributed by atoms with van der Waals surface area (Å²) in [6.45, 7) is 3.56. The molecule has 0 bridgehead atoms. The van der Waals surface area contributed by atoms with Crippen LogP contribution >= 0.6 is 0 Å². The molecule has 0 saturated carbocycles. The lowest BCUT2D eigenvalue weighted by Crippen LogP contribution is -2.46. The second kappa shape index (κ2) is 7.47. The number of methoxy groups -OCH3 is 1. The fourth-order valence-corrected chi connectivity index (χ4v) is 1.74. The van der Waals surface area contributed by atoms with Crippen LogP contribution in [0.5, 0.6) is 5.75 Å². The summed E-state index contributed by atoms with van der Waals surface area (Å²) in [5.74, 6) is -1.89. The molecule has 0 radical (unpaired) electrons. The zero-order chi connectivity index (χ0) is 16.0. The number of amides is 2. The van der Waals surface area contributed by atoms with Gasteiger partial charge in [0.05, 0.1) is 7.11 Å². The molecule has 0 fully saturated rings. The van der Waals surface area contributed by atoms with Gasteiger partial charge in [0.15, 0.2) is 11.6 Å². The van der Waals surface area contributed by atoms with Crippen LogP contribution in [-0.4, -0.2) is 30.3 Å². The molecule has 116 valence electrons. The molecule has 0 aromatic heterocycles. The van der Waals surface area contributed by atoms with Gasteiger partial charge in [-0.3, -0.25) is 0 Å². The van der Waals surface area contributed by atoms with E-state index in [-0.39, 0.29) is 17.4 Å². The number of carbonyl (C=O) groups excluding carboxylic acids is 1. The Morgan fingerprint density at radius 3 is 2.57 bits per heavy atom. The molecule has 7 heteroatoms. The Balaban J connectivity index is 2.72. The van der Waals surface area contributed by atoms with E-state index in [1.54, 1.807) is 6.92 Å². The van der Waals surface area contributed by atoms with Gasteiger partial charge in [0.1, 0.15) is 6.04 Å². The van der Waals surface area contributed by atoms with Gasteiger partial charge in [-0.05, 0) is 18.1 Å². The summed E-state index contributed by atoms with van der Waals surface area (Å²) >= 11 is 0. The van der Waals surface area contributed by atoms with Crippen molar-refractivity contribution < 1.29 is 23.8 Å². The van der Waals surface area contributed by atoms with Gasteiger partial charge in [0.2, 0.25) is 0 Å². The Morgan fingerprint density at radius 1 is 1.43 bits per heavy atom. The highest BCUT2D eigenvalue weighted by molar-refractivity contribution is 5.92. The maximum Gasteiger partial charge on any atom is 0.326 e. The standard InChI is InChI=1S/C14H19FN2O4/c1-4-8(2)12(13(18)19)17-14(20)16-9-5-6-11(21-3)10(15)7-9/h5-8,12H,4H2,1-3H3,(H,18,19)(H2,16,17,20)/t8-,12-/m0/s1. The summed E-state index contributed by atoms with van der Waals surface area (Å²) in [5, 5.41) is 13.8. The number of urea groups is 1. The average molecular weight is 298 g/mol. The lowest BCUT2D eigenvalue weighted by Gasteiger charge is -2.20. The Morgan fingerprint density at radius 2 is 2.10 bits per heavy atom. The predicted octanol–water partition coefficient (Wildman–Crippen LogP) is 2.46. The normalized spacial score (nSPS) is 13.1. The van der Waals surface area contributed by atoms with Crippen molar-refractivity contribution in [2.45, 2.75) is 26.3 Å². The maximum atomic E-state index is 13.5. The fraction of sp³-hybridized carbons (Fsp3) is 0.429. The van der Waals surface area contributed by atoms with Gasteiger partial charge in [-0.25, -0.2) is 14.0 Å². The zero-order valence-corrected chi connectivity index (χ0v) is 12.1. The van der Waals surface area contributed by atoms with E-state index in [2.05, 4.69) is 10.6 Å². The first kappa shape index (κ1) is 16.7. The Kier molecular flexibility index (Phi) is 5.95. The third kappa shape index (κ3) is 4.62. The smallest absolute Gasteiger partial charge is 0.326 e. The molecule has 6 nitrogen and oxygen atoms in total. The van der Waals surface area contributed by atoms with E-state index in [9.17, 15) is 14.0 Å². The lowest BCUT2D eigenvalue weighted by molar-refractivity contribution is -0.140. The molecule has 1 aromatic rings. The molecule has 3 N–H and O–H groups in total. The van der Waals surface area contributed by atoms with E-state index in [4.69, 9.17) is 9.84 Å². The second-order valence-corrected chi connectivity index (χ2v) is 4.65. The lowest BCUT2D eigenvalue weighted by atomic mass is 9.99. The highest BCUT2D eigenvalue weighted by Gasteiger charge is 2.25. The molecular weight excluding hydrogens is 279 g/mol. The Hall–Kier alpha value is -2.31. The van der Waals surface area contributed by atoms with Crippen molar-refractivity contribution in [1.29, 1.82) is 0 Å². The predicted molar refractivity (Wildman–Crippen MR) is 76.0 cm³/mol. The van der Waals surface area contributed by atoms with Crippen molar-refractivity contribution in [1.82, 2.24) is 5.32 Å². The Bertz CT molecular complexity index is 522. The highest BCUT2D eigenvalue weighted by atomic mass is 19.1. The van der Waals surface area contributed by atoms with Gasteiger partial charge < -0.3 is 20.5 Å². The number of benzene rings is 1.